The van der Waals surface area contributed by atoms with Crippen LogP contribution in [0.15, 0.2) is 39.6 Å². The molecule has 148 valence electrons. The second-order valence-electron chi connectivity index (χ2n) is 7.68. The van der Waals surface area contributed by atoms with Gasteiger partial charge in [-0.15, -0.1) is 9.39 Å². The van der Waals surface area contributed by atoms with E-state index in [1.807, 2.05) is 0 Å². The number of halogens is 2. The molecule has 3 rings (SSSR count). The number of hydrogen-bond donors (Lipinski definition) is 2. The van der Waals surface area contributed by atoms with Crippen LogP contribution < -0.4 is 4.72 Å². The molecule has 0 amide bonds. The molecule has 2 aliphatic rings. The van der Waals surface area contributed by atoms with Gasteiger partial charge in [0.15, 0.2) is 0 Å². The largest absolute Gasteiger partial charge is 0.505 e. The highest BCUT2D eigenvalue weighted by atomic mass is 35.5. The molecule has 0 bridgehead atoms. The smallest absolute Gasteiger partial charge is 0.148 e. The Morgan fingerprint density at radius 2 is 1.81 bits per heavy atom. The predicted molar refractivity (Wildman–Crippen MR) is 121 cm³/mol. The van der Waals surface area contributed by atoms with Crippen molar-refractivity contribution in [1.82, 2.24) is 9.62 Å². The summed E-state index contributed by atoms with van der Waals surface area (Å²) in [7, 11) is -2.05. The zero-order valence-corrected chi connectivity index (χ0v) is 18.6. The Morgan fingerprint density at radius 3 is 2.44 bits per heavy atom. The van der Waals surface area contributed by atoms with E-state index < -0.39 is 9.39 Å². The Kier molecular flexibility index (Phi) is 5.81. The van der Waals surface area contributed by atoms with Gasteiger partial charge in [-0.2, -0.15) is 0 Å². The third-order valence-corrected chi connectivity index (χ3v) is 7.68. The van der Waals surface area contributed by atoms with Crippen molar-refractivity contribution < 1.29 is 5.11 Å². The standard InChI is InChI=1S/C21H28Cl2N2OS/c1-13-10-14(2)20(25-8-6-7-9-25)15(3)19(13)24-27(4,5)18-12-16(22)11-17(23)21(18)26/h11-12,14,24,26H,4-10H2,1-3H3. The van der Waals surface area contributed by atoms with Crippen LogP contribution >= 0.6 is 32.6 Å². The van der Waals surface area contributed by atoms with Gasteiger partial charge in [0.05, 0.1) is 9.92 Å². The summed E-state index contributed by atoms with van der Waals surface area (Å²) >= 11 is 12.3. The third-order valence-electron chi connectivity index (χ3n) is 5.42. The molecule has 1 unspecified atom stereocenters. The van der Waals surface area contributed by atoms with E-state index in [4.69, 9.17) is 23.2 Å². The van der Waals surface area contributed by atoms with Crippen LogP contribution in [0.1, 0.15) is 40.0 Å². The molecule has 3 nitrogen and oxygen atoms in total. The molecule has 1 atom stereocenters. The summed E-state index contributed by atoms with van der Waals surface area (Å²) in [6, 6.07) is 3.23. The Balaban J connectivity index is 2.02. The van der Waals surface area contributed by atoms with E-state index in [0.29, 0.717) is 15.8 Å². The van der Waals surface area contributed by atoms with Crippen molar-refractivity contribution in [2.24, 2.45) is 5.92 Å². The molecule has 1 heterocycles. The Labute approximate surface area is 173 Å². The van der Waals surface area contributed by atoms with E-state index in [-0.39, 0.29) is 10.8 Å². The monoisotopic (exact) mass is 426 g/mol. The molecule has 1 aliphatic heterocycles. The fourth-order valence-corrected chi connectivity index (χ4v) is 6.51. The average molecular weight is 427 g/mol. The highest BCUT2D eigenvalue weighted by Crippen LogP contribution is 2.45. The second kappa shape index (κ2) is 7.65. The second-order valence-corrected chi connectivity index (χ2v) is 10.9. The van der Waals surface area contributed by atoms with E-state index in [2.05, 4.69) is 42.1 Å². The minimum absolute atomic E-state index is 0.00241. The first kappa shape index (κ1) is 20.5. The maximum Gasteiger partial charge on any atom is 0.148 e. The molecule has 0 aromatic heterocycles. The lowest BCUT2D eigenvalue weighted by atomic mass is 9.86. The zero-order valence-electron chi connectivity index (χ0n) is 16.2. The van der Waals surface area contributed by atoms with Crippen molar-refractivity contribution in [1.29, 1.82) is 0 Å². The summed E-state index contributed by atoms with van der Waals surface area (Å²) in [5.74, 6) is 9.10. The molecule has 0 spiro atoms. The van der Waals surface area contributed by atoms with Gasteiger partial charge in [-0.1, -0.05) is 41.9 Å². The van der Waals surface area contributed by atoms with Gasteiger partial charge in [0.25, 0.3) is 0 Å². The van der Waals surface area contributed by atoms with Crippen molar-refractivity contribution in [3.8, 4) is 5.75 Å². The number of nitrogens with zero attached hydrogens (tertiary/aromatic N) is 1. The van der Waals surface area contributed by atoms with Crippen LogP contribution in [0.4, 0.5) is 0 Å². The summed E-state index contributed by atoms with van der Waals surface area (Å²) in [6.07, 6.45) is 3.51. The first-order valence-electron chi connectivity index (χ1n) is 9.23. The van der Waals surface area contributed by atoms with Gasteiger partial charge in [0.1, 0.15) is 5.75 Å². The van der Waals surface area contributed by atoms with E-state index in [0.717, 1.165) is 25.2 Å². The zero-order chi connectivity index (χ0) is 19.9. The maximum atomic E-state index is 10.5. The molecular weight excluding hydrogens is 399 g/mol. The van der Waals surface area contributed by atoms with Crippen molar-refractivity contribution in [2.75, 3.05) is 13.1 Å². The van der Waals surface area contributed by atoms with E-state index in [9.17, 15) is 5.11 Å². The van der Waals surface area contributed by atoms with E-state index >= 15 is 0 Å². The van der Waals surface area contributed by atoms with E-state index in [1.54, 1.807) is 6.07 Å². The van der Waals surface area contributed by atoms with Gasteiger partial charge in [0.2, 0.25) is 0 Å². The number of phenolic OH excluding ortho intramolecular Hbond substituents is 1. The van der Waals surface area contributed by atoms with Gasteiger partial charge in [-0.3, -0.25) is 0 Å². The molecule has 1 aromatic carbocycles. The quantitative estimate of drug-likeness (QED) is 0.586. The number of allylic oxidation sites excluding steroid dienone is 3. The lowest BCUT2D eigenvalue weighted by Crippen LogP contribution is -2.30. The maximum absolute atomic E-state index is 10.5. The third kappa shape index (κ3) is 3.98. The lowest BCUT2D eigenvalue weighted by Gasteiger charge is -2.36. The Bertz CT molecular complexity index is 926. The minimum Gasteiger partial charge on any atom is -0.505 e. The summed E-state index contributed by atoms with van der Waals surface area (Å²) in [4.78, 5) is 3.08. The number of aromatic hydroxyl groups is 1. The Hall–Kier alpha value is -1.23. The lowest BCUT2D eigenvalue weighted by molar-refractivity contribution is 0.359. The van der Waals surface area contributed by atoms with Crippen LogP contribution in [0.2, 0.25) is 10.0 Å². The molecule has 27 heavy (non-hydrogen) atoms. The number of likely N-dealkylation sites (tertiary alicyclic amines) is 1. The average Bonchev–Trinajstić information content (AvgIpc) is 3.08. The summed E-state index contributed by atoms with van der Waals surface area (Å²) in [5, 5.41) is 11.1. The minimum atomic E-state index is -2.05. The summed E-state index contributed by atoms with van der Waals surface area (Å²) in [5.41, 5.74) is 5.05. The van der Waals surface area contributed by atoms with E-state index in [1.165, 1.54) is 35.8 Å². The van der Waals surface area contributed by atoms with Crippen LogP contribution in [0.3, 0.4) is 0 Å². The van der Waals surface area contributed by atoms with Crippen molar-refractivity contribution in [3.05, 3.63) is 44.7 Å². The van der Waals surface area contributed by atoms with Crippen LogP contribution in [-0.4, -0.2) is 34.8 Å². The first-order valence-corrected chi connectivity index (χ1v) is 12.0. The molecule has 6 heteroatoms. The van der Waals surface area contributed by atoms with Crippen molar-refractivity contribution in [3.63, 3.8) is 0 Å². The highest BCUT2D eigenvalue weighted by Gasteiger charge is 2.28. The molecular formula is C21H28Cl2N2OS. The number of nitrogens with one attached hydrogen (secondary N) is 1. The Morgan fingerprint density at radius 1 is 1.19 bits per heavy atom. The number of benzene rings is 1. The van der Waals surface area contributed by atoms with Crippen LogP contribution in [0, 0.1) is 5.92 Å². The van der Waals surface area contributed by atoms with Crippen LogP contribution in [-0.2, 0) is 0 Å². The highest BCUT2D eigenvalue weighted by molar-refractivity contribution is 8.26. The molecule has 1 aromatic rings. The van der Waals surface area contributed by atoms with Gasteiger partial charge in [0, 0.05) is 35.4 Å². The molecule has 0 radical (unpaired) electrons. The van der Waals surface area contributed by atoms with Gasteiger partial charge in [-0.25, -0.2) is 0 Å². The molecule has 1 saturated heterocycles. The number of phenols is 1. The van der Waals surface area contributed by atoms with Crippen LogP contribution in [0.5, 0.6) is 5.75 Å². The van der Waals surface area contributed by atoms with Gasteiger partial charge in [-0.05, 0) is 56.4 Å². The molecule has 0 saturated carbocycles. The molecule has 1 aliphatic carbocycles. The predicted octanol–water partition coefficient (Wildman–Crippen LogP) is 5.91. The topological polar surface area (TPSA) is 35.5 Å². The molecule has 1 fully saturated rings. The van der Waals surface area contributed by atoms with Crippen molar-refractivity contribution >= 4 is 44.3 Å². The SMILES string of the molecule is C=S(=C)(NC1=C(C)CC(C)C(N2CCCC2)=C1C)c1cc(Cl)cc(Cl)c1O. The fraction of sp³-hybridized carbons (Fsp3) is 0.429. The fourth-order valence-electron chi connectivity index (χ4n) is 4.24. The van der Waals surface area contributed by atoms with Crippen LogP contribution in [0.25, 0.3) is 0 Å². The number of hydrogen-bond acceptors (Lipinski definition) is 3. The first-order chi connectivity index (χ1) is 12.6. The van der Waals surface area contributed by atoms with Gasteiger partial charge >= 0.3 is 0 Å². The number of rotatable bonds is 4. The van der Waals surface area contributed by atoms with Crippen molar-refractivity contribution in [2.45, 2.75) is 44.9 Å². The summed E-state index contributed by atoms with van der Waals surface area (Å²) in [6.45, 7) is 8.88. The summed E-state index contributed by atoms with van der Waals surface area (Å²) < 4.78 is 3.56. The van der Waals surface area contributed by atoms with Gasteiger partial charge < -0.3 is 14.7 Å². The molecule has 2 N–H and O–H groups in total. The normalized spacial score (nSPS) is 21.2.